The number of nitrogens with one attached hydrogen (secondary N) is 1. The van der Waals surface area contributed by atoms with Crippen molar-refractivity contribution in [1.29, 1.82) is 0 Å². The van der Waals surface area contributed by atoms with E-state index in [0.717, 1.165) is 6.20 Å². The average molecular weight is 329 g/mol. The lowest BCUT2D eigenvalue weighted by Gasteiger charge is -2.08. The van der Waals surface area contributed by atoms with Crippen molar-refractivity contribution in [2.75, 3.05) is 13.2 Å². The first-order chi connectivity index (χ1) is 10.1. The highest BCUT2D eigenvalue weighted by atomic mass is 35.5. The number of ether oxygens (including phenoxy) is 1. The summed E-state index contributed by atoms with van der Waals surface area (Å²) in [7, 11) is -3.77. The number of halogens is 1. The Morgan fingerprint density at radius 2 is 1.86 bits per heavy atom. The maximum absolute atomic E-state index is 11.8. The fourth-order valence-corrected chi connectivity index (χ4v) is 2.29. The van der Waals surface area contributed by atoms with Crippen LogP contribution in [-0.2, 0) is 14.9 Å². The number of hydrogen-bond donors (Lipinski definition) is 1. The van der Waals surface area contributed by atoms with Crippen molar-refractivity contribution >= 4 is 21.6 Å². The van der Waals surface area contributed by atoms with Gasteiger partial charge in [0.1, 0.15) is 29.0 Å². The highest BCUT2D eigenvalue weighted by Crippen LogP contribution is 2.10. The minimum atomic E-state index is -3.77. The number of aromatic nitrogens is 1. The van der Waals surface area contributed by atoms with Crippen molar-refractivity contribution in [3.8, 4) is 5.75 Å². The molecule has 0 fully saturated rings. The van der Waals surface area contributed by atoms with Crippen LogP contribution in [0.1, 0.15) is 0 Å². The maximum Gasteiger partial charge on any atom is 0.264 e. The van der Waals surface area contributed by atoms with Crippen LogP contribution in [0.2, 0.25) is 5.15 Å². The predicted octanol–water partition coefficient (Wildman–Crippen LogP) is 2.02. The van der Waals surface area contributed by atoms with Gasteiger partial charge in [-0.1, -0.05) is 34.7 Å². The minimum absolute atomic E-state index is 0.0316. The quantitative estimate of drug-likeness (QED) is 0.478. The fourth-order valence-electron chi connectivity index (χ4n) is 1.41. The number of sulfonamides is 1. The Bertz CT molecular complexity index is 662. The Morgan fingerprint density at radius 1 is 1.10 bits per heavy atom. The van der Waals surface area contributed by atoms with E-state index in [1.807, 2.05) is 23.1 Å². The molecule has 0 spiro atoms. The molecule has 0 aliphatic rings. The van der Waals surface area contributed by atoms with Gasteiger partial charge in [0.25, 0.3) is 10.0 Å². The first kappa shape index (κ1) is 15.7. The van der Waals surface area contributed by atoms with E-state index in [4.69, 9.17) is 21.2 Å². The van der Waals surface area contributed by atoms with E-state index in [1.54, 1.807) is 12.1 Å². The van der Waals surface area contributed by atoms with Crippen LogP contribution in [0.5, 0.6) is 5.75 Å². The summed E-state index contributed by atoms with van der Waals surface area (Å²) in [4.78, 5) is 10.5. The van der Waals surface area contributed by atoms with E-state index >= 15 is 0 Å². The zero-order valence-corrected chi connectivity index (χ0v) is 12.5. The van der Waals surface area contributed by atoms with Gasteiger partial charge >= 0.3 is 0 Å². The first-order valence-electron chi connectivity index (χ1n) is 6.01. The molecule has 0 radical (unpaired) electrons. The number of para-hydroxylation sites is 1. The molecule has 1 N–H and O–H groups in total. The van der Waals surface area contributed by atoms with Gasteiger partial charge in [0, 0.05) is 6.20 Å². The van der Waals surface area contributed by atoms with E-state index in [2.05, 4.69) is 4.98 Å². The lowest BCUT2D eigenvalue weighted by atomic mass is 10.3. The molecular formula is C13H13ClN2O4S. The Labute approximate surface area is 127 Å². The van der Waals surface area contributed by atoms with Crippen LogP contribution in [0.15, 0.2) is 53.6 Å². The van der Waals surface area contributed by atoms with Crippen LogP contribution >= 0.6 is 11.6 Å². The Morgan fingerprint density at radius 3 is 2.52 bits per heavy atom. The molecule has 0 saturated carbocycles. The van der Waals surface area contributed by atoms with Crippen LogP contribution in [-0.4, -0.2) is 26.6 Å². The Kier molecular flexibility index (Phi) is 5.51. The third kappa shape index (κ3) is 4.98. The highest BCUT2D eigenvalue weighted by Gasteiger charge is 2.14. The Hall–Kier alpha value is -1.67. The van der Waals surface area contributed by atoms with Crippen LogP contribution < -0.4 is 9.62 Å². The number of pyridine rings is 1. The molecule has 0 amide bonds. The minimum Gasteiger partial charge on any atom is -0.491 e. The van der Waals surface area contributed by atoms with Gasteiger partial charge in [0.2, 0.25) is 0 Å². The van der Waals surface area contributed by atoms with Crippen LogP contribution in [0.25, 0.3) is 0 Å². The van der Waals surface area contributed by atoms with Gasteiger partial charge in [-0.2, -0.15) is 0 Å². The summed E-state index contributed by atoms with van der Waals surface area (Å²) in [5.74, 6) is 0.686. The van der Waals surface area contributed by atoms with E-state index < -0.39 is 10.0 Å². The SMILES string of the molecule is O=S(=O)(NOCCOc1ccccc1)c1ccc(Cl)nc1. The molecule has 112 valence electrons. The van der Waals surface area contributed by atoms with Gasteiger partial charge in [-0.3, -0.25) is 4.84 Å². The van der Waals surface area contributed by atoms with Gasteiger partial charge in [-0.05, 0) is 24.3 Å². The average Bonchev–Trinajstić information content (AvgIpc) is 2.48. The van der Waals surface area contributed by atoms with Gasteiger partial charge < -0.3 is 4.74 Å². The van der Waals surface area contributed by atoms with Crippen LogP contribution in [0.4, 0.5) is 0 Å². The molecule has 0 aliphatic carbocycles. The zero-order chi connectivity index (χ0) is 15.1. The monoisotopic (exact) mass is 328 g/mol. The molecule has 0 atom stereocenters. The van der Waals surface area contributed by atoms with E-state index in [-0.39, 0.29) is 23.3 Å². The molecule has 0 unspecified atom stereocenters. The molecule has 0 bridgehead atoms. The summed E-state index contributed by atoms with van der Waals surface area (Å²) in [6.07, 6.45) is 1.15. The van der Waals surface area contributed by atoms with Crippen molar-refractivity contribution in [2.24, 2.45) is 0 Å². The molecule has 6 nitrogen and oxygen atoms in total. The van der Waals surface area contributed by atoms with E-state index in [9.17, 15) is 8.42 Å². The molecule has 2 aromatic rings. The Balaban J connectivity index is 1.76. The van der Waals surface area contributed by atoms with Crippen molar-refractivity contribution in [3.63, 3.8) is 0 Å². The number of nitrogens with zero attached hydrogens (tertiary/aromatic N) is 1. The second-order valence-corrected chi connectivity index (χ2v) is 5.95. The molecule has 21 heavy (non-hydrogen) atoms. The third-order valence-corrected chi connectivity index (χ3v) is 3.80. The van der Waals surface area contributed by atoms with Crippen molar-refractivity contribution in [2.45, 2.75) is 4.90 Å². The zero-order valence-electron chi connectivity index (χ0n) is 10.9. The topological polar surface area (TPSA) is 77.5 Å². The van der Waals surface area contributed by atoms with Gasteiger partial charge in [-0.15, -0.1) is 0 Å². The fraction of sp³-hybridized carbons (Fsp3) is 0.154. The molecule has 1 aromatic carbocycles. The van der Waals surface area contributed by atoms with Gasteiger partial charge in [-0.25, -0.2) is 13.4 Å². The first-order valence-corrected chi connectivity index (χ1v) is 7.87. The van der Waals surface area contributed by atoms with Crippen LogP contribution in [0, 0.1) is 0 Å². The summed E-state index contributed by atoms with van der Waals surface area (Å²) in [5.41, 5.74) is 0. The summed E-state index contributed by atoms with van der Waals surface area (Å²) in [6.45, 7) is 0.278. The van der Waals surface area contributed by atoms with Crippen LogP contribution in [0.3, 0.4) is 0 Å². The van der Waals surface area contributed by atoms with E-state index in [0.29, 0.717) is 5.75 Å². The second kappa shape index (κ2) is 7.37. The number of rotatable bonds is 7. The summed E-state index contributed by atoms with van der Waals surface area (Å²) < 4.78 is 29.0. The van der Waals surface area contributed by atoms with E-state index in [1.165, 1.54) is 12.1 Å². The largest absolute Gasteiger partial charge is 0.491 e. The lowest BCUT2D eigenvalue weighted by molar-refractivity contribution is 0.0665. The molecule has 1 aromatic heterocycles. The van der Waals surface area contributed by atoms with Gasteiger partial charge in [0.15, 0.2) is 0 Å². The normalized spacial score (nSPS) is 11.3. The second-order valence-electron chi connectivity index (χ2n) is 3.91. The third-order valence-electron chi connectivity index (χ3n) is 2.38. The molecule has 1 heterocycles. The smallest absolute Gasteiger partial charge is 0.264 e. The molecule has 0 saturated heterocycles. The standard InChI is InChI=1S/C13H13ClN2O4S/c14-13-7-6-12(10-15-13)21(17,18)16-20-9-8-19-11-4-2-1-3-5-11/h1-7,10,16H,8-9H2. The predicted molar refractivity (Wildman–Crippen MR) is 77.5 cm³/mol. The number of benzene rings is 1. The molecule has 8 heteroatoms. The summed E-state index contributed by atoms with van der Waals surface area (Å²) >= 11 is 5.59. The molecular weight excluding hydrogens is 316 g/mol. The van der Waals surface area contributed by atoms with Crippen molar-refractivity contribution in [1.82, 2.24) is 9.87 Å². The lowest BCUT2D eigenvalue weighted by Crippen LogP contribution is -2.26. The molecule has 0 aliphatic heterocycles. The van der Waals surface area contributed by atoms with Crippen molar-refractivity contribution < 1.29 is 18.0 Å². The maximum atomic E-state index is 11.8. The summed E-state index contributed by atoms with van der Waals surface area (Å²) in [6, 6.07) is 11.9. The van der Waals surface area contributed by atoms with Gasteiger partial charge in [0.05, 0.1) is 0 Å². The number of hydrogen-bond acceptors (Lipinski definition) is 5. The highest BCUT2D eigenvalue weighted by molar-refractivity contribution is 7.89. The summed E-state index contributed by atoms with van der Waals surface area (Å²) in [5, 5.41) is 0.214. The molecule has 2 rings (SSSR count). The van der Waals surface area contributed by atoms with Crippen molar-refractivity contribution in [3.05, 3.63) is 53.8 Å².